The Balaban J connectivity index is 2.14. The van der Waals surface area contributed by atoms with Crippen LogP contribution in [0.25, 0.3) is 0 Å². The van der Waals surface area contributed by atoms with Crippen molar-refractivity contribution in [1.82, 2.24) is 14.7 Å². The van der Waals surface area contributed by atoms with Crippen LogP contribution in [0.1, 0.15) is 52.7 Å². The van der Waals surface area contributed by atoms with E-state index in [0.29, 0.717) is 6.04 Å². The van der Waals surface area contributed by atoms with Gasteiger partial charge in [-0.25, -0.2) is 0 Å². The molecule has 148 valence electrons. The summed E-state index contributed by atoms with van der Waals surface area (Å²) < 4.78 is 0. The molecule has 1 atom stereocenters. The summed E-state index contributed by atoms with van der Waals surface area (Å²) in [4.78, 5) is 7.95. The van der Waals surface area contributed by atoms with Gasteiger partial charge in [0.15, 0.2) is 0 Å². The largest absolute Gasteiger partial charge is 0.301 e. The van der Waals surface area contributed by atoms with Gasteiger partial charge in [-0.05, 0) is 42.6 Å². The van der Waals surface area contributed by atoms with Gasteiger partial charge in [-0.2, -0.15) is 0 Å². The van der Waals surface area contributed by atoms with Gasteiger partial charge in [-0.1, -0.05) is 65.8 Å². The zero-order chi connectivity index (χ0) is 19.2. The molecule has 1 aromatic carbocycles. The highest BCUT2D eigenvalue weighted by Gasteiger charge is 2.23. The van der Waals surface area contributed by atoms with Gasteiger partial charge in [0.05, 0.1) is 0 Å². The molecule has 1 aliphatic heterocycles. The Morgan fingerprint density at radius 3 is 1.92 bits per heavy atom. The molecule has 0 saturated carbocycles. The highest BCUT2D eigenvalue weighted by Crippen LogP contribution is 2.23. The lowest BCUT2D eigenvalue weighted by Crippen LogP contribution is -2.46. The first-order chi connectivity index (χ1) is 12.4. The standard InChI is InChI=1S/C23H41N3/c1-7-24-14-15-25(8-2)19-22(26(9-3)17-16-24)18-20-10-12-21(13-11-20)23(4,5)6/h10-13,22H,7-9,14-19H2,1-6H3. The molecule has 3 heteroatoms. The monoisotopic (exact) mass is 359 g/mol. The van der Waals surface area contributed by atoms with E-state index in [9.17, 15) is 0 Å². The van der Waals surface area contributed by atoms with Crippen molar-refractivity contribution in [2.24, 2.45) is 0 Å². The van der Waals surface area contributed by atoms with Gasteiger partial charge >= 0.3 is 0 Å². The summed E-state index contributed by atoms with van der Waals surface area (Å²) >= 11 is 0. The molecule has 1 aliphatic rings. The van der Waals surface area contributed by atoms with Crippen molar-refractivity contribution in [1.29, 1.82) is 0 Å². The maximum absolute atomic E-state index is 2.70. The van der Waals surface area contributed by atoms with E-state index in [2.05, 4.69) is 80.5 Å². The summed E-state index contributed by atoms with van der Waals surface area (Å²) in [5.41, 5.74) is 3.13. The molecule has 0 spiro atoms. The zero-order valence-corrected chi connectivity index (χ0v) is 18.1. The number of hydrogen-bond donors (Lipinski definition) is 0. The Morgan fingerprint density at radius 1 is 0.808 bits per heavy atom. The molecule has 1 fully saturated rings. The Labute approximate surface area is 162 Å². The van der Waals surface area contributed by atoms with Crippen LogP contribution < -0.4 is 0 Å². The van der Waals surface area contributed by atoms with Crippen LogP contribution >= 0.6 is 0 Å². The van der Waals surface area contributed by atoms with E-state index in [0.717, 1.165) is 26.1 Å². The average molecular weight is 360 g/mol. The van der Waals surface area contributed by atoms with Crippen LogP contribution in [0.4, 0.5) is 0 Å². The summed E-state index contributed by atoms with van der Waals surface area (Å²) in [7, 11) is 0. The molecule has 1 aromatic rings. The number of hydrogen-bond acceptors (Lipinski definition) is 3. The summed E-state index contributed by atoms with van der Waals surface area (Å²) in [6, 6.07) is 9.98. The lowest BCUT2D eigenvalue weighted by Gasteiger charge is -2.34. The van der Waals surface area contributed by atoms with Gasteiger partial charge < -0.3 is 9.80 Å². The zero-order valence-electron chi connectivity index (χ0n) is 18.1. The second kappa shape index (κ2) is 9.87. The second-order valence-electron chi connectivity index (χ2n) is 8.76. The fourth-order valence-electron chi connectivity index (χ4n) is 3.98. The molecule has 1 saturated heterocycles. The van der Waals surface area contributed by atoms with Crippen molar-refractivity contribution in [3.05, 3.63) is 35.4 Å². The van der Waals surface area contributed by atoms with Gasteiger partial charge in [-0.3, -0.25) is 4.90 Å². The van der Waals surface area contributed by atoms with E-state index in [1.54, 1.807) is 0 Å². The fraction of sp³-hybridized carbons (Fsp3) is 0.739. The average Bonchev–Trinajstić information content (AvgIpc) is 2.70. The van der Waals surface area contributed by atoms with E-state index in [4.69, 9.17) is 0 Å². The predicted molar refractivity (Wildman–Crippen MR) is 114 cm³/mol. The Bertz CT molecular complexity index is 517. The molecule has 0 aliphatic carbocycles. The van der Waals surface area contributed by atoms with E-state index in [-0.39, 0.29) is 5.41 Å². The van der Waals surface area contributed by atoms with Gasteiger partial charge in [0.1, 0.15) is 0 Å². The van der Waals surface area contributed by atoms with Crippen molar-refractivity contribution in [2.45, 2.75) is 59.4 Å². The summed E-state index contributed by atoms with van der Waals surface area (Å²) in [6.07, 6.45) is 1.15. The van der Waals surface area contributed by atoms with Crippen LogP contribution in [-0.4, -0.2) is 73.1 Å². The molecule has 0 amide bonds. The van der Waals surface area contributed by atoms with Crippen molar-refractivity contribution in [3.63, 3.8) is 0 Å². The van der Waals surface area contributed by atoms with Crippen molar-refractivity contribution < 1.29 is 0 Å². The van der Waals surface area contributed by atoms with E-state index >= 15 is 0 Å². The number of likely N-dealkylation sites (N-methyl/N-ethyl adjacent to an activating group) is 3. The molecule has 1 heterocycles. The Hall–Kier alpha value is -0.900. The number of rotatable bonds is 5. The van der Waals surface area contributed by atoms with Crippen molar-refractivity contribution in [3.8, 4) is 0 Å². The number of nitrogens with zero attached hydrogens (tertiary/aromatic N) is 3. The predicted octanol–water partition coefficient (Wildman–Crippen LogP) is 3.87. The maximum atomic E-state index is 2.70. The first-order valence-electron chi connectivity index (χ1n) is 10.7. The molecule has 0 N–H and O–H groups in total. The molecular weight excluding hydrogens is 318 g/mol. The van der Waals surface area contributed by atoms with E-state index in [1.807, 2.05) is 0 Å². The van der Waals surface area contributed by atoms with Gasteiger partial charge in [0.25, 0.3) is 0 Å². The van der Waals surface area contributed by atoms with Crippen LogP contribution in [0.5, 0.6) is 0 Å². The first-order valence-corrected chi connectivity index (χ1v) is 10.7. The molecular formula is C23H41N3. The third-order valence-electron chi connectivity index (χ3n) is 6.01. The third kappa shape index (κ3) is 6.07. The number of benzene rings is 1. The minimum atomic E-state index is 0.231. The molecule has 26 heavy (non-hydrogen) atoms. The lowest BCUT2D eigenvalue weighted by molar-refractivity contribution is 0.155. The first kappa shape index (κ1) is 21.4. The molecule has 3 nitrogen and oxygen atoms in total. The van der Waals surface area contributed by atoms with Crippen molar-refractivity contribution in [2.75, 3.05) is 52.4 Å². The normalized spacial score (nSPS) is 22.0. The van der Waals surface area contributed by atoms with Gasteiger partial charge in [0.2, 0.25) is 0 Å². The van der Waals surface area contributed by atoms with Gasteiger partial charge in [-0.15, -0.1) is 0 Å². The molecule has 0 radical (unpaired) electrons. The van der Waals surface area contributed by atoms with Crippen LogP contribution in [0.3, 0.4) is 0 Å². The SMILES string of the molecule is CCN1CCN(CC)CC(Cc2ccc(C(C)(C)C)cc2)N(CC)CC1. The van der Waals surface area contributed by atoms with Crippen LogP contribution in [0.2, 0.25) is 0 Å². The molecule has 1 unspecified atom stereocenters. The second-order valence-corrected chi connectivity index (χ2v) is 8.76. The minimum absolute atomic E-state index is 0.231. The summed E-state index contributed by atoms with van der Waals surface area (Å²) in [5, 5.41) is 0. The molecule has 2 rings (SSSR count). The third-order valence-corrected chi connectivity index (χ3v) is 6.01. The highest BCUT2D eigenvalue weighted by atomic mass is 15.3. The van der Waals surface area contributed by atoms with E-state index in [1.165, 1.54) is 43.9 Å². The topological polar surface area (TPSA) is 9.72 Å². The molecule has 0 bridgehead atoms. The van der Waals surface area contributed by atoms with Gasteiger partial charge in [0, 0.05) is 38.8 Å². The van der Waals surface area contributed by atoms with E-state index < -0.39 is 0 Å². The van der Waals surface area contributed by atoms with Crippen LogP contribution in [0.15, 0.2) is 24.3 Å². The Morgan fingerprint density at radius 2 is 1.38 bits per heavy atom. The quantitative estimate of drug-likeness (QED) is 0.790. The van der Waals surface area contributed by atoms with Crippen LogP contribution in [-0.2, 0) is 11.8 Å². The fourth-order valence-corrected chi connectivity index (χ4v) is 3.98. The lowest BCUT2D eigenvalue weighted by atomic mass is 9.86. The van der Waals surface area contributed by atoms with Crippen LogP contribution in [0, 0.1) is 0 Å². The van der Waals surface area contributed by atoms with Crippen molar-refractivity contribution >= 4 is 0 Å². The smallest absolute Gasteiger partial charge is 0.0263 e. The maximum Gasteiger partial charge on any atom is 0.0263 e. The highest BCUT2D eigenvalue weighted by molar-refractivity contribution is 5.28. The molecule has 0 aromatic heterocycles. The minimum Gasteiger partial charge on any atom is -0.301 e. The summed E-state index contributed by atoms with van der Waals surface area (Å²) in [6.45, 7) is 23.2. The summed E-state index contributed by atoms with van der Waals surface area (Å²) in [5.74, 6) is 0. The Kier molecular flexibility index (Phi) is 8.12.